The first kappa shape index (κ1) is 14.1. The van der Waals surface area contributed by atoms with Crippen molar-refractivity contribution in [2.45, 2.75) is 25.3 Å². The number of hydrogen-bond donors (Lipinski definition) is 0. The minimum absolute atomic E-state index is 0.332. The lowest BCUT2D eigenvalue weighted by Gasteiger charge is -2.32. The molecule has 0 amide bonds. The van der Waals surface area contributed by atoms with Crippen molar-refractivity contribution in [2.75, 3.05) is 13.1 Å². The predicted molar refractivity (Wildman–Crippen MR) is 75.6 cm³/mol. The molecule has 0 saturated carbocycles. The van der Waals surface area contributed by atoms with E-state index in [9.17, 15) is 8.78 Å². The summed E-state index contributed by atoms with van der Waals surface area (Å²) in [5.41, 5.74) is 1.44. The summed E-state index contributed by atoms with van der Waals surface area (Å²) in [6.45, 7) is 2.15. The van der Waals surface area contributed by atoms with E-state index in [2.05, 4.69) is 14.9 Å². The molecule has 2 heterocycles. The van der Waals surface area contributed by atoms with Crippen LogP contribution in [0.5, 0.6) is 0 Å². The molecule has 0 N–H and O–H groups in total. The Kier molecular flexibility index (Phi) is 4.20. The van der Waals surface area contributed by atoms with Crippen LogP contribution in [0.25, 0.3) is 0 Å². The Bertz CT molecular complexity index is 604. The van der Waals surface area contributed by atoms with Gasteiger partial charge in [-0.2, -0.15) is 0 Å². The number of likely N-dealkylation sites (tertiary alicyclic amines) is 1. The van der Waals surface area contributed by atoms with Crippen molar-refractivity contribution >= 4 is 0 Å². The molecular weight excluding hydrogens is 272 g/mol. The van der Waals surface area contributed by atoms with E-state index in [-0.39, 0.29) is 0 Å². The SMILES string of the molecule is Fc1cccc(CN2CCCC(c3ccncn3)C2)c1F. The first-order valence-electron chi connectivity index (χ1n) is 7.15. The predicted octanol–water partition coefficient (Wildman–Crippen LogP) is 3.13. The zero-order chi connectivity index (χ0) is 14.7. The zero-order valence-corrected chi connectivity index (χ0v) is 11.7. The third kappa shape index (κ3) is 3.24. The number of benzene rings is 1. The Balaban J connectivity index is 1.70. The Morgan fingerprint density at radius 1 is 1.24 bits per heavy atom. The molecule has 2 aromatic rings. The highest BCUT2D eigenvalue weighted by Crippen LogP contribution is 2.26. The second kappa shape index (κ2) is 6.26. The average molecular weight is 289 g/mol. The standard InChI is InChI=1S/C16H17F2N3/c17-14-5-1-3-13(16(14)18)10-21-8-2-4-12(9-21)15-6-7-19-11-20-15/h1,3,5-7,11-12H,2,4,8-10H2. The Labute approximate surface area is 122 Å². The summed E-state index contributed by atoms with van der Waals surface area (Å²) in [4.78, 5) is 10.4. The summed E-state index contributed by atoms with van der Waals surface area (Å²) in [6.07, 6.45) is 5.40. The summed E-state index contributed by atoms with van der Waals surface area (Å²) < 4.78 is 27.0. The van der Waals surface area contributed by atoms with E-state index in [0.717, 1.165) is 37.7 Å². The van der Waals surface area contributed by atoms with Crippen molar-refractivity contribution in [2.24, 2.45) is 0 Å². The van der Waals surface area contributed by atoms with Crippen molar-refractivity contribution in [3.8, 4) is 0 Å². The van der Waals surface area contributed by atoms with Crippen LogP contribution in [0, 0.1) is 11.6 Å². The summed E-state index contributed by atoms with van der Waals surface area (Å²) in [5, 5.41) is 0. The normalized spacial score (nSPS) is 19.6. The molecular formula is C16H17F2N3. The van der Waals surface area contributed by atoms with Gasteiger partial charge in [-0.05, 0) is 31.5 Å². The third-order valence-corrected chi connectivity index (χ3v) is 3.95. The number of aromatic nitrogens is 2. The van der Waals surface area contributed by atoms with Gasteiger partial charge in [-0.3, -0.25) is 4.90 Å². The van der Waals surface area contributed by atoms with Gasteiger partial charge in [0.2, 0.25) is 0 Å². The van der Waals surface area contributed by atoms with Crippen LogP contribution in [0.1, 0.15) is 30.0 Å². The van der Waals surface area contributed by atoms with Crippen LogP contribution in [0.15, 0.2) is 36.8 Å². The zero-order valence-electron chi connectivity index (χ0n) is 11.7. The topological polar surface area (TPSA) is 29.0 Å². The van der Waals surface area contributed by atoms with Crippen molar-refractivity contribution in [3.05, 3.63) is 59.7 Å². The fourth-order valence-electron chi connectivity index (χ4n) is 2.89. The van der Waals surface area contributed by atoms with Crippen molar-refractivity contribution in [1.29, 1.82) is 0 Å². The molecule has 5 heteroatoms. The summed E-state index contributed by atoms with van der Waals surface area (Å²) in [7, 11) is 0. The van der Waals surface area contributed by atoms with E-state index >= 15 is 0 Å². The number of rotatable bonds is 3. The van der Waals surface area contributed by atoms with Crippen molar-refractivity contribution in [3.63, 3.8) is 0 Å². The molecule has 21 heavy (non-hydrogen) atoms. The lowest BCUT2D eigenvalue weighted by atomic mass is 9.94. The molecule has 1 aliphatic rings. The second-order valence-electron chi connectivity index (χ2n) is 5.42. The highest BCUT2D eigenvalue weighted by Gasteiger charge is 2.23. The number of hydrogen-bond acceptors (Lipinski definition) is 3. The summed E-state index contributed by atoms with van der Waals surface area (Å²) in [6, 6.07) is 6.28. The Hall–Kier alpha value is -1.88. The van der Waals surface area contributed by atoms with Crippen LogP contribution in [-0.4, -0.2) is 28.0 Å². The van der Waals surface area contributed by atoms with E-state index in [1.165, 1.54) is 0 Å². The molecule has 1 aromatic carbocycles. The Morgan fingerprint density at radius 2 is 2.14 bits per heavy atom. The van der Waals surface area contributed by atoms with Crippen LogP contribution in [0.4, 0.5) is 8.78 Å². The molecule has 1 unspecified atom stereocenters. The molecule has 3 rings (SSSR count). The van der Waals surface area contributed by atoms with Crippen LogP contribution in [0.3, 0.4) is 0 Å². The van der Waals surface area contributed by atoms with Gasteiger partial charge in [0.1, 0.15) is 6.33 Å². The van der Waals surface area contributed by atoms with E-state index in [0.29, 0.717) is 18.0 Å². The lowest BCUT2D eigenvalue weighted by Crippen LogP contribution is -2.34. The van der Waals surface area contributed by atoms with Gasteiger partial charge in [-0.1, -0.05) is 12.1 Å². The molecule has 0 aliphatic carbocycles. The fourth-order valence-corrected chi connectivity index (χ4v) is 2.89. The highest BCUT2D eigenvalue weighted by atomic mass is 19.2. The highest BCUT2D eigenvalue weighted by molar-refractivity contribution is 5.19. The van der Waals surface area contributed by atoms with E-state index in [4.69, 9.17) is 0 Å². The van der Waals surface area contributed by atoms with Crippen LogP contribution < -0.4 is 0 Å². The molecule has 1 atom stereocenters. The summed E-state index contributed by atoms with van der Waals surface area (Å²) >= 11 is 0. The Morgan fingerprint density at radius 3 is 2.95 bits per heavy atom. The summed E-state index contributed by atoms with van der Waals surface area (Å²) in [5.74, 6) is -1.18. The van der Waals surface area contributed by atoms with Crippen LogP contribution in [0.2, 0.25) is 0 Å². The number of piperidine rings is 1. The number of halogens is 2. The fraction of sp³-hybridized carbons (Fsp3) is 0.375. The molecule has 0 spiro atoms. The van der Waals surface area contributed by atoms with Crippen LogP contribution >= 0.6 is 0 Å². The molecule has 1 aliphatic heterocycles. The maximum Gasteiger partial charge on any atom is 0.163 e. The van der Waals surface area contributed by atoms with Gasteiger partial charge < -0.3 is 0 Å². The van der Waals surface area contributed by atoms with Crippen molar-refractivity contribution in [1.82, 2.24) is 14.9 Å². The molecule has 110 valence electrons. The maximum absolute atomic E-state index is 13.8. The largest absolute Gasteiger partial charge is 0.298 e. The molecule has 1 aromatic heterocycles. The van der Waals surface area contributed by atoms with Crippen LogP contribution in [-0.2, 0) is 6.54 Å². The molecule has 0 radical (unpaired) electrons. The minimum atomic E-state index is -0.781. The minimum Gasteiger partial charge on any atom is -0.298 e. The molecule has 3 nitrogen and oxygen atoms in total. The molecule has 1 fully saturated rings. The van der Waals surface area contributed by atoms with Gasteiger partial charge >= 0.3 is 0 Å². The third-order valence-electron chi connectivity index (χ3n) is 3.95. The first-order valence-corrected chi connectivity index (χ1v) is 7.15. The van der Waals surface area contributed by atoms with E-state index < -0.39 is 11.6 Å². The van der Waals surface area contributed by atoms with Gasteiger partial charge in [-0.25, -0.2) is 18.7 Å². The molecule has 1 saturated heterocycles. The van der Waals surface area contributed by atoms with E-state index in [1.54, 1.807) is 24.7 Å². The van der Waals surface area contributed by atoms with Gasteiger partial charge in [0, 0.05) is 36.5 Å². The monoisotopic (exact) mass is 289 g/mol. The average Bonchev–Trinajstić information content (AvgIpc) is 2.53. The lowest BCUT2D eigenvalue weighted by molar-refractivity contribution is 0.195. The van der Waals surface area contributed by atoms with Crippen molar-refractivity contribution < 1.29 is 8.78 Å². The smallest absolute Gasteiger partial charge is 0.163 e. The van der Waals surface area contributed by atoms with E-state index in [1.807, 2.05) is 6.07 Å². The first-order chi connectivity index (χ1) is 10.2. The quantitative estimate of drug-likeness (QED) is 0.869. The second-order valence-corrected chi connectivity index (χ2v) is 5.42. The molecule has 0 bridgehead atoms. The van der Waals surface area contributed by atoms with Gasteiger partial charge in [0.05, 0.1) is 0 Å². The number of nitrogens with zero attached hydrogens (tertiary/aromatic N) is 3. The maximum atomic E-state index is 13.8. The van der Waals surface area contributed by atoms with Gasteiger partial charge in [0.25, 0.3) is 0 Å². The van der Waals surface area contributed by atoms with Gasteiger partial charge in [-0.15, -0.1) is 0 Å². The van der Waals surface area contributed by atoms with Gasteiger partial charge in [0.15, 0.2) is 11.6 Å².